The zero-order chi connectivity index (χ0) is 14.8. The lowest BCUT2D eigenvalue weighted by atomic mass is 10.3. The third kappa shape index (κ3) is 3.74. The van der Waals surface area contributed by atoms with Gasteiger partial charge in [0.1, 0.15) is 0 Å². The lowest BCUT2D eigenvalue weighted by molar-refractivity contribution is 0.658. The molecular formula is C15H26N6. The fraction of sp³-hybridized carbons (Fsp3) is 0.800. The number of nitrogens with two attached hydrogens (primary N) is 1. The highest BCUT2D eigenvalue weighted by molar-refractivity contribution is 5.43. The first-order valence-electron chi connectivity index (χ1n) is 8.21. The van der Waals surface area contributed by atoms with Gasteiger partial charge in [-0.3, -0.25) is 0 Å². The second-order valence-corrected chi connectivity index (χ2v) is 6.26. The SMILES string of the molecule is CCN(CC)c1nc(N)nc(N(CC2CC2)CC2CC2)n1. The normalized spacial score (nSPS) is 17.8. The summed E-state index contributed by atoms with van der Waals surface area (Å²) in [6.45, 7) is 8.11. The molecule has 3 rings (SSSR count). The molecule has 1 aromatic rings. The third-order valence-electron chi connectivity index (χ3n) is 4.31. The van der Waals surface area contributed by atoms with Crippen LogP contribution in [-0.4, -0.2) is 41.1 Å². The maximum Gasteiger partial charge on any atom is 0.231 e. The Hall–Kier alpha value is -1.59. The van der Waals surface area contributed by atoms with E-state index in [-0.39, 0.29) is 0 Å². The Morgan fingerprint density at radius 1 is 0.857 bits per heavy atom. The predicted molar refractivity (Wildman–Crippen MR) is 85.5 cm³/mol. The van der Waals surface area contributed by atoms with Gasteiger partial charge in [0.15, 0.2) is 0 Å². The first-order valence-corrected chi connectivity index (χ1v) is 8.21. The van der Waals surface area contributed by atoms with Crippen LogP contribution < -0.4 is 15.5 Å². The van der Waals surface area contributed by atoms with Crippen molar-refractivity contribution in [3.8, 4) is 0 Å². The summed E-state index contributed by atoms with van der Waals surface area (Å²) in [5.41, 5.74) is 5.92. The van der Waals surface area contributed by atoms with Crippen LogP contribution in [0.15, 0.2) is 0 Å². The van der Waals surface area contributed by atoms with E-state index in [1.165, 1.54) is 25.7 Å². The molecular weight excluding hydrogens is 264 g/mol. The van der Waals surface area contributed by atoms with Crippen LogP contribution in [0.4, 0.5) is 17.8 Å². The van der Waals surface area contributed by atoms with Gasteiger partial charge in [0.2, 0.25) is 17.8 Å². The average Bonchev–Trinajstić information content (AvgIpc) is 3.34. The van der Waals surface area contributed by atoms with Gasteiger partial charge in [0.05, 0.1) is 0 Å². The van der Waals surface area contributed by atoms with Crippen LogP contribution >= 0.6 is 0 Å². The van der Waals surface area contributed by atoms with Crippen molar-refractivity contribution < 1.29 is 0 Å². The summed E-state index contributed by atoms with van der Waals surface area (Å²) in [4.78, 5) is 17.8. The van der Waals surface area contributed by atoms with E-state index in [1.807, 2.05) is 0 Å². The molecule has 2 aliphatic carbocycles. The summed E-state index contributed by atoms with van der Waals surface area (Å²) in [5, 5.41) is 0. The maximum atomic E-state index is 5.92. The number of anilines is 3. The summed E-state index contributed by atoms with van der Waals surface area (Å²) in [6, 6.07) is 0. The van der Waals surface area contributed by atoms with E-state index in [0.717, 1.165) is 44.0 Å². The fourth-order valence-corrected chi connectivity index (χ4v) is 2.62. The maximum absolute atomic E-state index is 5.92. The van der Waals surface area contributed by atoms with Gasteiger partial charge in [0, 0.05) is 26.2 Å². The number of hydrogen-bond donors (Lipinski definition) is 1. The van der Waals surface area contributed by atoms with Crippen molar-refractivity contribution in [1.82, 2.24) is 15.0 Å². The topological polar surface area (TPSA) is 71.2 Å². The van der Waals surface area contributed by atoms with Crippen molar-refractivity contribution in [1.29, 1.82) is 0 Å². The minimum Gasteiger partial charge on any atom is -0.368 e. The van der Waals surface area contributed by atoms with Gasteiger partial charge in [-0.25, -0.2) is 0 Å². The van der Waals surface area contributed by atoms with Crippen LogP contribution in [0, 0.1) is 11.8 Å². The number of nitrogens with zero attached hydrogens (tertiary/aromatic N) is 5. The Labute approximate surface area is 126 Å². The average molecular weight is 290 g/mol. The van der Waals surface area contributed by atoms with Gasteiger partial charge < -0.3 is 15.5 Å². The van der Waals surface area contributed by atoms with E-state index in [0.29, 0.717) is 11.9 Å². The molecule has 6 nitrogen and oxygen atoms in total. The summed E-state index contributed by atoms with van der Waals surface area (Å²) in [5.74, 6) is 3.44. The number of rotatable bonds is 8. The molecule has 0 saturated heterocycles. The molecule has 2 aliphatic rings. The van der Waals surface area contributed by atoms with Crippen LogP contribution in [0.1, 0.15) is 39.5 Å². The van der Waals surface area contributed by atoms with Crippen molar-refractivity contribution in [3.05, 3.63) is 0 Å². The highest BCUT2D eigenvalue weighted by Crippen LogP contribution is 2.35. The van der Waals surface area contributed by atoms with E-state index in [2.05, 4.69) is 38.6 Å². The molecule has 0 spiro atoms. The van der Waals surface area contributed by atoms with Crippen LogP contribution in [0.25, 0.3) is 0 Å². The van der Waals surface area contributed by atoms with Crippen LogP contribution in [-0.2, 0) is 0 Å². The van der Waals surface area contributed by atoms with Crippen LogP contribution in [0.3, 0.4) is 0 Å². The Morgan fingerprint density at radius 3 is 1.76 bits per heavy atom. The molecule has 116 valence electrons. The van der Waals surface area contributed by atoms with Crippen LogP contribution in [0.2, 0.25) is 0 Å². The highest BCUT2D eigenvalue weighted by atomic mass is 15.4. The van der Waals surface area contributed by atoms with E-state index in [9.17, 15) is 0 Å². The van der Waals surface area contributed by atoms with Gasteiger partial charge in [-0.1, -0.05) is 0 Å². The van der Waals surface area contributed by atoms with E-state index >= 15 is 0 Å². The highest BCUT2D eigenvalue weighted by Gasteiger charge is 2.31. The lowest BCUT2D eigenvalue weighted by Crippen LogP contribution is -2.32. The van der Waals surface area contributed by atoms with Crippen molar-refractivity contribution in [2.45, 2.75) is 39.5 Å². The number of nitrogen functional groups attached to an aromatic ring is 1. The van der Waals surface area contributed by atoms with E-state index in [4.69, 9.17) is 5.73 Å². The number of aromatic nitrogens is 3. The summed E-state index contributed by atoms with van der Waals surface area (Å²) >= 11 is 0. The molecule has 2 N–H and O–H groups in total. The number of hydrogen-bond acceptors (Lipinski definition) is 6. The van der Waals surface area contributed by atoms with Crippen LogP contribution in [0.5, 0.6) is 0 Å². The van der Waals surface area contributed by atoms with Crippen molar-refractivity contribution >= 4 is 17.8 Å². The first-order chi connectivity index (χ1) is 10.2. The van der Waals surface area contributed by atoms with Gasteiger partial charge in [-0.2, -0.15) is 15.0 Å². The Balaban J connectivity index is 1.82. The van der Waals surface area contributed by atoms with Gasteiger partial charge in [-0.15, -0.1) is 0 Å². The van der Waals surface area contributed by atoms with Crippen molar-refractivity contribution in [2.24, 2.45) is 11.8 Å². The molecule has 0 aromatic carbocycles. The minimum atomic E-state index is 0.332. The second-order valence-electron chi connectivity index (χ2n) is 6.26. The molecule has 2 fully saturated rings. The zero-order valence-electron chi connectivity index (χ0n) is 13.1. The lowest BCUT2D eigenvalue weighted by Gasteiger charge is -2.25. The fourth-order valence-electron chi connectivity index (χ4n) is 2.62. The monoisotopic (exact) mass is 290 g/mol. The minimum absolute atomic E-state index is 0.332. The third-order valence-corrected chi connectivity index (χ3v) is 4.31. The summed E-state index contributed by atoms with van der Waals surface area (Å²) in [7, 11) is 0. The molecule has 21 heavy (non-hydrogen) atoms. The summed E-state index contributed by atoms with van der Waals surface area (Å²) < 4.78 is 0. The van der Waals surface area contributed by atoms with E-state index in [1.54, 1.807) is 0 Å². The second kappa shape index (κ2) is 6.03. The summed E-state index contributed by atoms with van der Waals surface area (Å²) in [6.07, 6.45) is 5.35. The van der Waals surface area contributed by atoms with E-state index < -0.39 is 0 Å². The Bertz CT molecular complexity index is 465. The van der Waals surface area contributed by atoms with Gasteiger partial charge in [-0.05, 0) is 51.4 Å². The molecule has 0 atom stereocenters. The van der Waals surface area contributed by atoms with Crippen molar-refractivity contribution in [3.63, 3.8) is 0 Å². The molecule has 1 aromatic heterocycles. The van der Waals surface area contributed by atoms with Crippen molar-refractivity contribution in [2.75, 3.05) is 41.7 Å². The standard InChI is InChI=1S/C15H26N6/c1-3-20(4-2)14-17-13(16)18-15(19-14)21(9-11-5-6-11)10-12-7-8-12/h11-12H,3-10H2,1-2H3,(H2,16,17,18,19). The molecule has 0 unspecified atom stereocenters. The molecule has 0 aliphatic heterocycles. The molecule has 1 heterocycles. The van der Waals surface area contributed by atoms with Gasteiger partial charge in [0.25, 0.3) is 0 Å². The largest absolute Gasteiger partial charge is 0.368 e. The van der Waals surface area contributed by atoms with Gasteiger partial charge >= 0.3 is 0 Å². The molecule has 2 saturated carbocycles. The molecule has 0 bridgehead atoms. The molecule has 6 heteroatoms. The predicted octanol–water partition coefficient (Wildman–Crippen LogP) is 1.93. The quantitative estimate of drug-likeness (QED) is 0.789. The first kappa shape index (κ1) is 14.4. The molecule has 0 radical (unpaired) electrons. The molecule has 0 amide bonds. The Morgan fingerprint density at radius 2 is 1.33 bits per heavy atom. The Kier molecular flexibility index (Phi) is 4.12. The zero-order valence-corrected chi connectivity index (χ0v) is 13.1. The smallest absolute Gasteiger partial charge is 0.231 e.